The van der Waals surface area contributed by atoms with Crippen LogP contribution in [0.4, 0.5) is 27.8 Å². The minimum Gasteiger partial charge on any atom is -0.356 e. The summed E-state index contributed by atoms with van der Waals surface area (Å²) in [5, 5.41) is 0. The molecule has 4 rings (SSSR count). The number of pyridine rings is 1. The van der Waals surface area contributed by atoms with Gasteiger partial charge in [0.2, 0.25) is 10.0 Å². The minimum atomic E-state index is -4.64. The van der Waals surface area contributed by atoms with Crippen molar-refractivity contribution in [1.82, 2.24) is 24.1 Å². The molecular weight excluding hydrogens is 483 g/mol. The van der Waals surface area contributed by atoms with Crippen molar-refractivity contribution in [2.45, 2.75) is 19.0 Å². The summed E-state index contributed by atoms with van der Waals surface area (Å²) in [6.45, 7) is 0.742. The Labute approximate surface area is 191 Å². The van der Waals surface area contributed by atoms with Crippen LogP contribution in [-0.2, 0) is 16.2 Å². The van der Waals surface area contributed by atoms with Crippen LogP contribution in [0.15, 0.2) is 36.8 Å². The molecular formula is C20H21F5N6O2S. The van der Waals surface area contributed by atoms with Gasteiger partial charge >= 0.3 is 6.18 Å². The van der Waals surface area contributed by atoms with Crippen LogP contribution < -0.4 is 9.62 Å². The van der Waals surface area contributed by atoms with Crippen molar-refractivity contribution in [2.24, 2.45) is 11.8 Å². The van der Waals surface area contributed by atoms with Gasteiger partial charge in [-0.15, -0.1) is 0 Å². The predicted octanol–water partition coefficient (Wildman–Crippen LogP) is 3.07. The molecule has 0 radical (unpaired) electrons. The van der Waals surface area contributed by atoms with E-state index in [1.807, 2.05) is 0 Å². The Morgan fingerprint density at radius 3 is 2.59 bits per heavy atom. The third kappa shape index (κ3) is 4.82. The number of nitrogens with zero attached hydrogens (tertiary/aromatic N) is 5. The largest absolute Gasteiger partial charge is 0.434 e. The van der Waals surface area contributed by atoms with Crippen LogP contribution in [0.2, 0.25) is 0 Å². The number of halogens is 5. The molecule has 4 heterocycles. The van der Waals surface area contributed by atoms with Crippen molar-refractivity contribution < 1.29 is 30.4 Å². The Morgan fingerprint density at radius 1 is 1.18 bits per heavy atom. The molecule has 14 heteroatoms. The average Bonchev–Trinajstić information content (AvgIpc) is 3.17. The predicted molar refractivity (Wildman–Crippen MR) is 114 cm³/mol. The summed E-state index contributed by atoms with van der Waals surface area (Å²) in [6, 6.07) is 4.79. The van der Waals surface area contributed by atoms with Crippen LogP contribution in [0.25, 0.3) is 17.0 Å². The molecule has 1 aliphatic heterocycles. The highest BCUT2D eigenvalue weighted by Gasteiger charge is 2.49. The number of rotatable bonds is 5. The third-order valence-corrected chi connectivity index (χ3v) is 6.43. The van der Waals surface area contributed by atoms with Crippen LogP contribution in [0.5, 0.6) is 0 Å². The van der Waals surface area contributed by atoms with Gasteiger partial charge in [0.05, 0.1) is 36.0 Å². The standard InChI is InChI=1S/C20H21F5N6O2S/c1-12-9-30(10-13(19(12,21)22)6-28-34(2,32)33)17-5-3-4-14(29-17)15-7-27-18-8-26-16(11-31(15)18)20(23,24)25/h3-5,7-8,11-13,28H,6,9-10H2,1-2H3/t12-,13+/m0/s1. The van der Waals surface area contributed by atoms with Crippen molar-refractivity contribution in [1.29, 1.82) is 0 Å². The number of imidazole rings is 1. The summed E-state index contributed by atoms with van der Waals surface area (Å²) < 4.78 is 95.0. The minimum absolute atomic E-state index is 0.0336. The average molecular weight is 504 g/mol. The molecule has 3 aromatic rings. The molecule has 0 unspecified atom stereocenters. The first-order valence-corrected chi connectivity index (χ1v) is 12.1. The van der Waals surface area contributed by atoms with Crippen molar-refractivity contribution >= 4 is 21.5 Å². The Balaban J connectivity index is 1.66. The van der Waals surface area contributed by atoms with Gasteiger partial charge in [0.1, 0.15) is 5.82 Å². The SMILES string of the molecule is C[C@H]1CN(c2cccc(-c3cnc4cnc(C(F)(F)F)cn34)n2)C[C@@H](CNS(C)(=O)=O)C1(F)F. The summed E-state index contributed by atoms with van der Waals surface area (Å²) in [5.74, 6) is -5.15. The molecule has 34 heavy (non-hydrogen) atoms. The van der Waals surface area contributed by atoms with Gasteiger partial charge in [-0.2, -0.15) is 13.2 Å². The number of sulfonamides is 1. The van der Waals surface area contributed by atoms with Gasteiger partial charge in [-0.3, -0.25) is 4.40 Å². The van der Waals surface area contributed by atoms with Gasteiger partial charge in [0.15, 0.2) is 11.3 Å². The first kappa shape index (κ1) is 24.3. The van der Waals surface area contributed by atoms with Crippen LogP contribution >= 0.6 is 0 Å². The van der Waals surface area contributed by atoms with E-state index in [-0.39, 0.29) is 24.4 Å². The quantitative estimate of drug-likeness (QED) is 0.537. The van der Waals surface area contributed by atoms with E-state index in [4.69, 9.17) is 0 Å². The molecule has 0 aliphatic carbocycles. The van der Waals surface area contributed by atoms with E-state index in [1.165, 1.54) is 17.5 Å². The molecule has 0 spiro atoms. The zero-order valence-corrected chi connectivity index (χ0v) is 18.9. The lowest BCUT2D eigenvalue weighted by molar-refractivity contribution is -0.141. The maximum Gasteiger partial charge on any atom is 0.434 e. The summed E-state index contributed by atoms with van der Waals surface area (Å²) in [6.07, 6.45) is -0.563. The van der Waals surface area contributed by atoms with Gasteiger partial charge < -0.3 is 4.90 Å². The molecule has 0 amide bonds. The maximum atomic E-state index is 14.7. The second-order valence-corrected chi connectivity index (χ2v) is 10.2. The zero-order chi connectivity index (χ0) is 24.9. The number of alkyl halides is 5. The van der Waals surface area contributed by atoms with Gasteiger partial charge in [-0.05, 0) is 12.1 Å². The number of piperidine rings is 1. The normalized spacial score (nSPS) is 21.2. The van der Waals surface area contributed by atoms with E-state index in [1.54, 1.807) is 23.1 Å². The fourth-order valence-electron chi connectivity index (χ4n) is 3.92. The molecule has 184 valence electrons. The number of aromatic nitrogens is 4. The summed E-state index contributed by atoms with van der Waals surface area (Å²) in [4.78, 5) is 13.6. The third-order valence-electron chi connectivity index (χ3n) is 5.74. The number of nitrogens with one attached hydrogen (secondary N) is 1. The van der Waals surface area contributed by atoms with Crippen LogP contribution in [0.1, 0.15) is 12.6 Å². The Morgan fingerprint density at radius 2 is 1.91 bits per heavy atom. The van der Waals surface area contributed by atoms with Crippen LogP contribution in [-0.4, -0.2) is 59.6 Å². The highest BCUT2D eigenvalue weighted by atomic mass is 32.2. The molecule has 3 aromatic heterocycles. The first-order valence-electron chi connectivity index (χ1n) is 10.2. The number of fused-ring (bicyclic) bond motifs is 1. The molecule has 1 saturated heterocycles. The van der Waals surface area contributed by atoms with Gasteiger partial charge in [-0.25, -0.2) is 36.9 Å². The van der Waals surface area contributed by atoms with Gasteiger partial charge in [0.25, 0.3) is 5.92 Å². The van der Waals surface area contributed by atoms with Gasteiger partial charge in [0, 0.05) is 31.7 Å². The zero-order valence-electron chi connectivity index (χ0n) is 18.1. The highest BCUT2D eigenvalue weighted by molar-refractivity contribution is 7.88. The van der Waals surface area contributed by atoms with Gasteiger partial charge in [-0.1, -0.05) is 13.0 Å². The Kier molecular flexibility index (Phi) is 6.00. The molecule has 1 fully saturated rings. The molecule has 2 atom stereocenters. The molecule has 0 aromatic carbocycles. The van der Waals surface area contributed by atoms with Crippen molar-refractivity contribution in [3.05, 3.63) is 42.5 Å². The van der Waals surface area contributed by atoms with E-state index in [0.29, 0.717) is 11.5 Å². The summed E-state index contributed by atoms with van der Waals surface area (Å²) in [5.41, 5.74) is -0.340. The number of anilines is 1. The fourth-order valence-corrected chi connectivity index (χ4v) is 4.43. The Hall–Kier alpha value is -2.87. The topological polar surface area (TPSA) is 92.5 Å². The van der Waals surface area contributed by atoms with Crippen molar-refractivity contribution in [3.63, 3.8) is 0 Å². The van der Waals surface area contributed by atoms with E-state index < -0.39 is 46.2 Å². The van der Waals surface area contributed by atoms with E-state index in [0.717, 1.165) is 18.6 Å². The smallest absolute Gasteiger partial charge is 0.356 e. The second kappa shape index (κ2) is 8.41. The Bertz CT molecular complexity index is 1310. The molecule has 8 nitrogen and oxygen atoms in total. The lowest BCUT2D eigenvalue weighted by atomic mass is 9.86. The fraction of sp³-hybridized carbons (Fsp3) is 0.450. The lowest BCUT2D eigenvalue weighted by Gasteiger charge is -2.43. The number of hydrogen-bond donors (Lipinski definition) is 1. The molecule has 1 aliphatic rings. The highest BCUT2D eigenvalue weighted by Crippen LogP contribution is 2.39. The lowest BCUT2D eigenvalue weighted by Crippen LogP contribution is -2.56. The molecule has 1 N–H and O–H groups in total. The second-order valence-electron chi connectivity index (χ2n) is 8.32. The maximum absolute atomic E-state index is 14.7. The van der Waals surface area contributed by atoms with Crippen LogP contribution in [0.3, 0.4) is 0 Å². The number of hydrogen-bond acceptors (Lipinski definition) is 6. The van der Waals surface area contributed by atoms with Crippen LogP contribution in [0, 0.1) is 11.8 Å². The van der Waals surface area contributed by atoms with E-state index >= 15 is 0 Å². The summed E-state index contributed by atoms with van der Waals surface area (Å²) in [7, 11) is -3.66. The van der Waals surface area contributed by atoms with E-state index in [2.05, 4.69) is 19.7 Å². The summed E-state index contributed by atoms with van der Waals surface area (Å²) >= 11 is 0. The van der Waals surface area contributed by atoms with E-state index in [9.17, 15) is 30.4 Å². The van der Waals surface area contributed by atoms with Crippen molar-refractivity contribution in [3.8, 4) is 11.4 Å². The molecule has 0 bridgehead atoms. The monoisotopic (exact) mass is 504 g/mol. The van der Waals surface area contributed by atoms with Crippen molar-refractivity contribution in [2.75, 3.05) is 30.8 Å². The molecule has 0 saturated carbocycles. The first-order chi connectivity index (χ1) is 15.8.